The standard InChI is InChI=1S/C24H22ClNO4/c1-15-22-20(13-17(14-21(22)27)16-7-9-18(25)10-8-16)26-23(15)24(28)30-12-11-29-19-5-3-2-4-6-19/h2-10,17,26H,11-14H2,1H3/t17-/m1/s1. The van der Waals surface area contributed by atoms with Crippen molar-refractivity contribution in [2.45, 2.75) is 25.7 Å². The van der Waals surface area contributed by atoms with Crippen LogP contribution in [0.4, 0.5) is 0 Å². The number of esters is 1. The average Bonchev–Trinajstić information content (AvgIpc) is 3.09. The summed E-state index contributed by atoms with van der Waals surface area (Å²) in [7, 11) is 0. The van der Waals surface area contributed by atoms with Gasteiger partial charge in [0.05, 0.1) is 0 Å². The third-order valence-corrected chi connectivity index (χ3v) is 5.61. The van der Waals surface area contributed by atoms with Gasteiger partial charge in [-0.3, -0.25) is 4.79 Å². The zero-order valence-electron chi connectivity index (χ0n) is 16.6. The summed E-state index contributed by atoms with van der Waals surface area (Å²) in [6.07, 6.45) is 1.07. The van der Waals surface area contributed by atoms with E-state index in [1.165, 1.54) is 0 Å². The summed E-state index contributed by atoms with van der Waals surface area (Å²) in [6.45, 7) is 2.16. The van der Waals surface area contributed by atoms with Gasteiger partial charge in [-0.05, 0) is 54.7 Å². The minimum atomic E-state index is -0.477. The number of ketones is 1. The van der Waals surface area contributed by atoms with Crippen LogP contribution in [0.25, 0.3) is 0 Å². The summed E-state index contributed by atoms with van der Waals surface area (Å²) >= 11 is 5.97. The second-order valence-electron chi connectivity index (χ2n) is 7.36. The Morgan fingerprint density at radius 3 is 2.53 bits per heavy atom. The monoisotopic (exact) mass is 423 g/mol. The Kier molecular flexibility index (Phi) is 5.91. The van der Waals surface area contributed by atoms with Crippen molar-refractivity contribution in [3.8, 4) is 5.75 Å². The number of carbonyl (C=O) groups is 2. The lowest BCUT2D eigenvalue weighted by atomic mass is 9.81. The van der Waals surface area contributed by atoms with Crippen molar-refractivity contribution in [3.63, 3.8) is 0 Å². The maximum Gasteiger partial charge on any atom is 0.355 e. The third-order valence-electron chi connectivity index (χ3n) is 5.36. The number of ether oxygens (including phenoxy) is 2. The lowest BCUT2D eigenvalue weighted by Crippen LogP contribution is -2.18. The normalized spacial score (nSPS) is 15.5. The fraction of sp³-hybridized carbons (Fsp3) is 0.250. The van der Waals surface area contributed by atoms with E-state index in [0.717, 1.165) is 17.0 Å². The summed E-state index contributed by atoms with van der Waals surface area (Å²) in [6, 6.07) is 16.9. The summed E-state index contributed by atoms with van der Waals surface area (Å²) in [5.41, 5.74) is 3.46. The second kappa shape index (κ2) is 8.76. The first-order chi connectivity index (χ1) is 14.5. The van der Waals surface area contributed by atoms with Gasteiger partial charge in [0.1, 0.15) is 24.7 Å². The lowest BCUT2D eigenvalue weighted by Gasteiger charge is -2.22. The number of aromatic nitrogens is 1. The largest absolute Gasteiger partial charge is 0.490 e. The van der Waals surface area contributed by atoms with E-state index in [9.17, 15) is 9.59 Å². The van der Waals surface area contributed by atoms with Crippen LogP contribution in [0.3, 0.4) is 0 Å². The van der Waals surface area contributed by atoms with Gasteiger partial charge in [-0.25, -0.2) is 4.79 Å². The summed E-state index contributed by atoms with van der Waals surface area (Å²) in [5, 5.41) is 0.665. The van der Waals surface area contributed by atoms with E-state index in [-0.39, 0.29) is 24.9 Å². The quantitative estimate of drug-likeness (QED) is 0.441. The topological polar surface area (TPSA) is 68.4 Å². The molecule has 1 atom stereocenters. The molecular formula is C24H22ClNO4. The Hall–Kier alpha value is -3.05. The van der Waals surface area contributed by atoms with Crippen LogP contribution >= 0.6 is 11.6 Å². The van der Waals surface area contributed by atoms with Crippen LogP contribution in [-0.2, 0) is 11.2 Å². The third kappa shape index (κ3) is 4.26. The van der Waals surface area contributed by atoms with Crippen molar-refractivity contribution < 1.29 is 19.1 Å². The number of H-pyrrole nitrogens is 1. The number of rotatable bonds is 6. The van der Waals surface area contributed by atoms with Crippen LogP contribution in [0.2, 0.25) is 5.02 Å². The van der Waals surface area contributed by atoms with Crippen LogP contribution in [0.1, 0.15) is 50.0 Å². The Morgan fingerprint density at radius 2 is 1.80 bits per heavy atom. The minimum absolute atomic E-state index is 0.0383. The molecule has 154 valence electrons. The molecule has 0 radical (unpaired) electrons. The zero-order chi connectivity index (χ0) is 21.1. The van der Waals surface area contributed by atoms with Crippen LogP contribution in [0.15, 0.2) is 54.6 Å². The van der Waals surface area contributed by atoms with Gasteiger partial charge in [-0.1, -0.05) is 41.9 Å². The predicted molar refractivity (Wildman–Crippen MR) is 115 cm³/mol. The molecule has 0 amide bonds. The predicted octanol–water partition coefficient (Wildman–Crippen LogP) is 5.13. The van der Waals surface area contributed by atoms with E-state index in [0.29, 0.717) is 34.7 Å². The number of hydrogen-bond acceptors (Lipinski definition) is 4. The first-order valence-electron chi connectivity index (χ1n) is 9.88. The summed E-state index contributed by atoms with van der Waals surface area (Å²) in [4.78, 5) is 28.5. The van der Waals surface area contributed by atoms with E-state index < -0.39 is 5.97 Å². The van der Waals surface area contributed by atoms with Crippen LogP contribution in [0.5, 0.6) is 5.75 Å². The number of para-hydroxylation sites is 1. The Morgan fingerprint density at radius 1 is 1.07 bits per heavy atom. The first kappa shape index (κ1) is 20.2. The molecule has 0 aliphatic heterocycles. The van der Waals surface area contributed by atoms with Gasteiger partial charge in [0.25, 0.3) is 0 Å². The van der Waals surface area contributed by atoms with Crippen molar-refractivity contribution in [1.82, 2.24) is 4.98 Å². The summed E-state index contributed by atoms with van der Waals surface area (Å²) in [5.74, 6) is 0.341. The van der Waals surface area contributed by atoms with Crippen molar-refractivity contribution in [2.24, 2.45) is 0 Å². The Balaban J connectivity index is 1.42. The van der Waals surface area contributed by atoms with Crippen molar-refractivity contribution in [2.75, 3.05) is 13.2 Å². The minimum Gasteiger partial charge on any atom is -0.490 e. The van der Waals surface area contributed by atoms with Gasteiger partial charge in [0.2, 0.25) is 0 Å². The molecule has 30 heavy (non-hydrogen) atoms. The SMILES string of the molecule is Cc1c(C(=O)OCCOc2ccccc2)[nH]c2c1C(=O)C[C@H](c1ccc(Cl)cc1)C2. The number of aromatic amines is 1. The number of halogens is 1. The first-order valence-corrected chi connectivity index (χ1v) is 10.3. The highest BCUT2D eigenvalue weighted by molar-refractivity contribution is 6.30. The fourth-order valence-electron chi connectivity index (χ4n) is 3.89. The maximum absolute atomic E-state index is 12.8. The van der Waals surface area contributed by atoms with Crippen LogP contribution in [-0.4, -0.2) is 30.0 Å². The number of Topliss-reactive ketones (excluding diaryl/α,β-unsaturated/α-hetero) is 1. The van der Waals surface area contributed by atoms with Crippen molar-refractivity contribution in [3.05, 3.63) is 87.7 Å². The fourth-order valence-corrected chi connectivity index (χ4v) is 4.02. The second-order valence-corrected chi connectivity index (χ2v) is 7.79. The number of benzene rings is 2. The molecule has 0 unspecified atom stereocenters. The number of carbonyl (C=O) groups excluding carboxylic acids is 2. The van der Waals surface area contributed by atoms with Gasteiger partial charge in [-0.15, -0.1) is 0 Å². The lowest BCUT2D eigenvalue weighted by molar-refractivity contribution is 0.0443. The van der Waals surface area contributed by atoms with Crippen LogP contribution < -0.4 is 4.74 Å². The molecule has 1 aliphatic carbocycles. The highest BCUT2D eigenvalue weighted by Crippen LogP contribution is 2.35. The molecule has 4 rings (SSSR count). The molecule has 3 aromatic rings. The molecule has 5 nitrogen and oxygen atoms in total. The van der Waals surface area contributed by atoms with E-state index in [4.69, 9.17) is 21.1 Å². The van der Waals surface area contributed by atoms with E-state index >= 15 is 0 Å². The van der Waals surface area contributed by atoms with Crippen molar-refractivity contribution >= 4 is 23.4 Å². The number of hydrogen-bond donors (Lipinski definition) is 1. The molecule has 6 heteroatoms. The van der Waals surface area contributed by atoms with E-state index in [1.54, 1.807) is 6.92 Å². The molecular weight excluding hydrogens is 402 g/mol. The number of fused-ring (bicyclic) bond motifs is 1. The molecule has 1 aliphatic rings. The van der Waals surface area contributed by atoms with Gasteiger partial charge in [0, 0.05) is 22.7 Å². The zero-order valence-corrected chi connectivity index (χ0v) is 17.4. The average molecular weight is 424 g/mol. The van der Waals surface area contributed by atoms with Gasteiger partial charge in [0.15, 0.2) is 5.78 Å². The highest BCUT2D eigenvalue weighted by atomic mass is 35.5. The molecule has 1 aromatic heterocycles. The van der Waals surface area contributed by atoms with E-state index in [1.807, 2.05) is 54.6 Å². The Labute approximate surface area is 180 Å². The molecule has 1 N–H and O–H groups in total. The maximum atomic E-state index is 12.8. The molecule has 0 bridgehead atoms. The molecule has 0 saturated heterocycles. The van der Waals surface area contributed by atoms with Gasteiger partial charge < -0.3 is 14.5 Å². The highest BCUT2D eigenvalue weighted by Gasteiger charge is 2.32. The molecule has 1 heterocycles. The molecule has 0 saturated carbocycles. The Bertz CT molecular complexity index is 1060. The molecule has 2 aromatic carbocycles. The van der Waals surface area contributed by atoms with E-state index in [2.05, 4.69) is 4.98 Å². The van der Waals surface area contributed by atoms with Crippen molar-refractivity contribution in [1.29, 1.82) is 0 Å². The summed E-state index contributed by atoms with van der Waals surface area (Å²) < 4.78 is 10.9. The smallest absolute Gasteiger partial charge is 0.355 e. The number of nitrogens with one attached hydrogen (secondary N) is 1. The molecule has 0 spiro atoms. The van der Waals surface area contributed by atoms with Gasteiger partial charge in [-0.2, -0.15) is 0 Å². The molecule has 0 fully saturated rings. The van der Waals surface area contributed by atoms with Gasteiger partial charge >= 0.3 is 5.97 Å². The van der Waals surface area contributed by atoms with Crippen LogP contribution in [0, 0.1) is 6.92 Å².